The van der Waals surface area contributed by atoms with Gasteiger partial charge in [0.15, 0.2) is 18.1 Å². The molecule has 9 heteroatoms. The minimum atomic E-state index is -0.877. The van der Waals surface area contributed by atoms with E-state index in [4.69, 9.17) is 18.9 Å². The molecule has 0 aliphatic rings. The molecule has 0 saturated carbocycles. The van der Waals surface area contributed by atoms with Crippen LogP contribution in [0.25, 0.3) is 6.08 Å². The van der Waals surface area contributed by atoms with Crippen molar-refractivity contribution in [2.75, 3.05) is 33.3 Å². The summed E-state index contributed by atoms with van der Waals surface area (Å²) in [7, 11) is 4.39. The lowest BCUT2D eigenvalue weighted by Crippen LogP contribution is -2.21. The molecule has 0 spiro atoms. The highest BCUT2D eigenvalue weighted by Crippen LogP contribution is 2.39. The predicted octanol–water partition coefficient (Wildman–Crippen LogP) is 3.63. The number of carbonyl (C=O) groups excluding carboxylic acids is 2. The van der Waals surface area contributed by atoms with Gasteiger partial charge < -0.3 is 28.8 Å². The molecule has 1 aromatic carbocycles. The molecule has 0 aliphatic heterocycles. The van der Waals surface area contributed by atoms with Crippen LogP contribution in [0.3, 0.4) is 0 Å². The van der Waals surface area contributed by atoms with Crippen LogP contribution in [0.2, 0.25) is 0 Å². The molecule has 1 amide bonds. The maximum atomic E-state index is 12.4. The monoisotopic (exact) mass is 455 g/mol. The quantitative estimate of drug-likeness (QED) is 0.331. The normalized spacial score (nSPS) is 10.9. The Morgan fingerprint density at radius 1 is 1.09 bits per heavy atom. The number of benzene rings is 1. The number of rotatable bonds is 10. The molecule has 176 valence electrons. The SMILES string of the molecule is CCCn1c(C)cc(/C=C(\C#N)C(=O)OCC(=O)Nc2cc(OC)c(OC)c(OC)c2)c1C. The molecule has 2 aromatic rings. The van der Waals surface area contributed by atoms with Gasteiger partial charge in [0.25, 0.3) is 5.91 Å². The van der Waals surface area contributed by atoms with E-state index in [0.717, 1.165) is 29.9 Å². The lowest BCUT2D eigenvalue weighted by atomic mass is 10.1. The van der Waals surface area contributed by atoms with Crippen LogP contribution in [0.1, 0.15) is 30.3 Å². The van der Waals surface area contributed by atoms with Gasteiger partial charge in [-0.05, 0) is 38.0 Å². The number of aromatic nitrogens is 1. The van der Waals surface area contributed by atoms with Crippen molar-refractivity contribution in [2.45, 2.75) is 33.7 Å². The summed E-state index contributed by atoms with van der Waals surface area (Å²) < 4.78 is 22.9. The summed E-state index contributed by atoms with van der Waals surface area (Å²) in [4.78, 5) is 24.7. The van der Waals surface area contributed by atoms with Gasteiger partial charge in [-0.1, -0.05) is 6.92 Å². The molecular weight excluding hydrogens is 426 g/mol. The molecule has 9 nitrogen and oxygen atoms in total. The van der Waals surface area contributed by atoms with Gasteiger partial charge in [-0.3, -0.25) is 4.79 Å². The first-order chi connectivity index (χ1) is 15.8. The zero-order chi connectivity index (χ0) is 24.5. The first-order valence-electron chi connectivity index (χ1n) is 10.3. The van der Waals surface area contributed by atoms with E-state index in [2.05, 4.69) is 16.8 Å². The minimum Gasteiger partial charge on any atom is -0.493 e. The standard InChI is InChI=1S/C24H29N3O6/c1-7-8-27-15(2)9-17(16(27)3)10-18(13-25)24(29)33-14-22(28)26-19-11-20(30-4)23(32-6)21(12-19)31-5/h9-12H,7-8,14H2,1-6H3,(H,26,28)/b18-10+. The number of methoxy groups -OCH3 is 3. The third kappa shape index (κ3) is 6.07. The molecule has 33 heavy (non-hydrogen) atoms. The lowest BCUT2D eigenvalue weighted by molar-refractivity contribution is -0.142. The van der Waals surface area contributed by atoms with Crippen LogP contribution in [0.15, 0.2) is 23.8 Å². The number of ether oxygens (including phenoxy) is 4. The van der Waals surface area contributed by atoms with Crippen LogP contribution in [-0.4, -0.2) is 44.4 Å². The zero-order valence-electron chi connectivity index (χ0n) is 19.8. The van der Waals surface area contributed by atoms with Crippen LogP contribution in [-0.2, 0) is 20.9 Å². The van der Waals surface area contributed by atoms with Gasteiger partial charge in [0.2, 0.25) is 5.75 Å². The Bertz CT molecular complexity index is 1070. The van der Waals surface area contributed by atoms with E-state index in [1.165, 1.54) is 27.4 Å². The summed E-state index contributed by atoms with van der Waals surface area (Å²) in [5.74, 6) is -0.362. The third-order valence-electron chi connectivity index (χ3n) is 4.98. The molecule has 0 radical (unpaired) electrons. The number of carbonyl (C=O) groups is 2. The molecule has 1 aromatic heterocycles. The van der Waals surface area contributed by atoms with E-state index in [-0.39, 0.29) is 5.57 Å². The van der Waals surface area contributed by atoms with Crippen molar-refractivity contribution >= 4 is 23.6 Å². The summed E-state index contributed by atoms with van der Waals surface area (Å²) in [5, 5.41) is 12.0. The fraction of sp³-hybridized carbons (Fsp3) is 0.375. The largest absolute Gasteiger partial charge is 0.493 e. The van der Waals surface area contributed by atoms with E-state index in [9.17, 15) is 14.9 Å². The molecule has 2 rings (SSSR count). The molecular formula is C24H29N3O6. The Labute approximate surface area is 193 Å². The Hall–Kier alpha value is -3.93. The highest BCUT2D eigenvalue weighted by molar-refractivity contribution is 6.00. The van der Waals surface area contributed by atoms with Gasteiger partial charge in [-0.25, -0.2) is 4.79 Å². The van der Waals surface area contributed by atoms with E-state index < -0.39 is 18.5 Å². The second-order valence-electron chi connectivity index (χ2n) is 7.19. The molecule has 0 aliphatic carbocycles. The van der Waals surface area contributed by atoms with Crippen LogP contribution in [0, 0.1) is 25.2 Å². The number of hydrogen-bond donors (Lipinski definition) is 1. The van der Waals surface area contributed by atoms with Crippen molar-refractivity contribution in [3.05, 3.63) is 40.7 Å². The fourth-order valence-corrected chi connectivity index (χ4v) is 3.39. The Morgan fingerprint density at radius 3 is 2.24 bits per heavy atom. The fourth-order valence-electron chi connectivity index (χ4n) is 3.39. The van der Waals surface area contributed by atoms with Gasteiger partial charge in [0.05, 0.1) is 21.3 Å². The van der Waals surface area contributed by atoms with E-state index in [1.54, 1.807) is 12.1 Å². The minimum absolute atomic E-state index is 0.188. The number of hydrogen-bond acceptors (Lipinski definition) is 7. The smallest absolute Gasteiger partial charge is 0.349 e. The van der Waals surface area contributed by atoms with Crippen LogP contribution >= 0.6 is 0 Å². The molecule has 0 unspecified atom stereocenters. The number of nitrogens with one attached hydrogen (secondary N) is 1. The van der Waals surface area contributed by atoms with E-state index >= 15 is 0 Å². The van der Waals surface area contributed by atoms with Gasteiger partial charge >= 0.3 is 5.97 Å². The molecule has 0 saturated heterocycles. The number of nitriles is 1. The van der Waals surface area contributed by atoms with Gasteiger partial charge in [-0.2, -0.15) is 5.26 Å². The van der Waals surface area contributed by atoms with Crippen molar-refractivity contribution in [2.24, 2.45) is 0 Å². The number of anilines is 1. The maximum Gasteiger partial charge on any atom is 0.349 e. The highest BCUT2D eigenvalue weighted by atomic mass is 16.5. The number of esters is 1. The molecule has 0 atom stereocenters. The van der Waals surface area contributed by atoms with Crippen LogP contribution < -0.4 is 19.5 Å². The second kappa shape index (κ2) is 11.6. The van der Waals surface area contributed by atoms with Crippen LogP contribution in [0.4, 0.5) is 5.69 Å². The number of aryl methyl sites for hydroxylation is 1. The third-order valence-corrected chi connectivity index (χ3v) is 4.98. The predicted molar refractivity (Wildman–Crippen MR) is 123 cm³/mol. The molecule has 1 N–H and O–H groups in total. The first kappa shape index (κ1) is 25.3. The summed E-state index contributed by atoms with van der Waals surface area (Å²) in [5.41, 5.74) is 2.93. The number of nitrogens with zero attached hydrogens (tertiary/aromatic N) is 2. The molecule has 1 heterocycles. The average molecular weight is 456 g/mol. The van der Waals surface area contributed by atoms with E-state index in [0.29, 0.717) is 22.9 Å². The summed E-state index contributed by atoms with van der Waals surface area (Å²) >= 11 is 0. The summed E-state index contributed by atoms with van der Waals surface area (Å²) in [6.07, 6.45) is 2.45. The van der Waals surface area contributed by atoms with Crippen molar-refractivity contribution < 1.29 is 28.5 Å². The Balaban J connectivity index is 2.09. The van der Waals surface area contributed by atoms with Crippen molar-refractivity contribution in [3.8, 4) is 23.3 Å². The zero-order valence-corrected chi connectivity index (χ0v) is 19.8. The van der Waals surface area contributed by atoms with Crippen molar-refractivity contribution in [1.29, 1.82) is 5.26 Å². The van der Waals surface area contributed by atoms with Crippen molar-refractivity contribution in [1.82, 2.24) is 4.57 Å². The van der Waals surface area contributed by atoms with Gasteiger partial charge in [0, 0.05) is 35.8 Å². The Morgan fingerprint density at radius 2 is 1.73 bits per heavy atom. The highest BCUT2D eigenvalue weighted by Gasteiger charge is 2.17. The lowest BCUT2D eigenvalue weighted by Gasteiger charge is -2.14. The molecule has 0 fully saturated rings. The maximum absolute atomic E-state index is 12.4. The number of amides is 1. The topological polar surface area (TPSA) is 112 Å². The van der Waals surface area contributed by atoms with Crippen molar-refractivity contribution in [3.63, 3.8) is 0 Å². The summed E-state index contributed by atoms with van der Waals surface area (Å²) in [6, 6.07) is 6.86. The van der Waals surface area contributed by atoms with Gasteiger partial charge in [0.1, 0.15) is 11.6 Å². The average Bonchev–Trinajstić information content (AvgIpc) is 3.07. The van der Waals surface area contributed by atoms with Crippen LogP contribution in [0.5, 0.6) is 17.2 Å². The Kier molecular flexibility index (Phi) is 8.92. The summed E-state index contributed by atoms with van der Waals surface area (Å²) in [6.45, 7) is 6.26. The van der Waals surface area contributed by atoms with E-state index in [1.807, 2.05) is 26.0 Å². The second-order valence-corrected chi connectivity index (χ2v) is 7.19. The first-order valence-corrected chi connectivity index (χ1v) is 10.3. The van der Waals surface area contributed by atoms with Gasteiger partial charge in [-0.15, -0.1) is 0 Å². The molecule has 0 bridgehead atoms.